The number of aromatic nitrogens is 1. The van der Waals surface area contributed by atoms with Crippen LogP contribution in [0.5, 0.6) is 5.75 Å². The molecule has 7 rings (SSSR count). The maximum atomic E-state index is 14.1. The number of ketones is 1. The first-order valence-corrected chi connectivity index (χ1v) is 16.1. The minimum Gasteiger partial charge on any atom is -0.457 e. The van der Waals surface area contributed by atoms with Crippen molar-refractivity contribution in [1.82, 2.24) is 8.87 Å². The average molecular weight is 639 g/mol. The van der Waals surface area contributed by atoms with E-state index in [0.717, 1.165) is 22.3 Å². The van der Waals surface area contributed by atoms with E-state index < -0.39 is 40.4 Å². The number of carbonyl (C=O) groups is 3. The zero-order valence-corrected chi connectivity index (χ0v) is 25.8. The number of rotatable bonds is 7. The monoisotopic (exact) mass is 638 g/mol. The van der Waals surface area contributed by atoms with Crippen molar-refractivity contribution >= 4 is 29.0 Å². The van der Waals surface area contributed by atoms with Crippen molar-refractivity contribution in [3.05, 3.63) is 123 Å². The third-order valence-electron chi connectivity index (χ3n) is 8.93. The van der Waals surface area contributed by atoms with Gasteiger partial charge in [0.2, 0.25) is 5.60 Å². The Morgan fingerprint density at radius 3 is 2.39 bits per heavy atom. The zero-order valence-electron chi connectivity index (χ0n) is 25.0. The van der Waals surface area contributed by atoms with Gasteiger partial charge in [-0.3, -0.25) is 14.4 Å². The number of fused-ring (bicyclic) bond motifs is 3. The molecule has 3 unspecified atom stereocenters. The fourth-order valence-electron chi connectivity index (χ4n) is 6.41. The van der Waals surface area contributed by atoms with Gasteiger partial charge >= 0.3 is 11.9 Å². The molecular weight excluding hydrogens is 608 g/mol. The average Bonchev–Trinajstić information content (AvgIpc) is 3.46. The summed E-state index contributed by atoms with van der Waals surface area (Å²) in [5.74, 6) is -1.54. The lowest BCUT2D eigenvalue weighted by Crippen LogP contribution is -2.53. The lowest BCUT2D eigenvalue weighted by Gasteiger charge is -2.39. The van der Waals surface area contributed by atoms with E-state index in [4.69, 9.17) is 13.7 Å². The van der Waals surface area contributed by atoms with Crippen LogP contribution in [0.25, 0.3) is 11.1 Å². The third-order valence-corrected chi connectivity index (χ3v) is 10.0. The maximum Gasteiger partial charge on any atom is 0.355 e. The summed E-state index contributed by atoms with van der Waals surface area (Å²) >= 11 is -2.13. The van der Waals surface area contributed by atoms with Gasteiger partial charge < -0.3 is 18.2 Å². The van der Waals surface area contributed by atoms with E-state index in [1.165, 1.54) is 14.9 Å². The number of hydrogen-bond donors (Lipinski definition) is 0. The molecule has 0 N–H and O–H groups in total. The normalized spacial score (nSPS) is 21.0. The molecule has 1 aromatic heterocycles. The molecule has 3 aromatic carbocycles. The number of carbonyl (C=O) groups excluding carboxylic acids is 3. The summed E-state index contributed by atoms with van der Waals surface area (Å²) in [5, 5.41) is 0. The fraction of sp³-hybridized carbons (Fsp3) is 0.257. The number of hydrogen-bond acceptors (Lipinski definition) is 8. The molecule has 0 saturated heterocycles. The van der Waals surface area contributed by atoms with Crippen molar-refractivity contribution < 1.29 is 32.2 Å². The molecule has 10 nitrogen and oxygen atoms in total. The molecule has 0 aliphatic carbocycles. The topological polar surface area (TPSA) is 121 Å². The number of pyridine rings is 1. The molecule has 11 heteroatoms. The van der Waals surface area contributed by atoms with Gasteiger partial charge in [-0.05, 0) is 46.9 Å². The van der Waals surface area contributed by atoms with Crippen molar-refractivity contribution in [3.63, 3.8) is 0 Å². The van der Waals surface area contributed by atoms with E-state index in [2.05, 4.69) is 0 Å². The molecule has 46 heavy (non-hydrogen) atoms. The molecule has 0 fully saturated rings. The molecule has 0 amide bonds. The predicted octanol–water partition coefficient (Wildman–Crippen LogP) is 4.39. The van der Waals surface area contributed by atoms with Crippen LogP contribution >= 0.6 is 0 Å². The second-order valence-corrected chi connectivity index (χ2v) is 12.6. The fourth-order valence-corrected chi connectivity index (χ4v) is 7.40. The van der Waals surface area contributed by atoms with Crippen LogP contribution in [0.2, 0.25) is 0 Å². The van der Waals surface area contributed by atoms with Gasteiger partial charge in [-0.25, -0.2) is 4.79 Å². The Hall–Kier alpha value is -4.87. The summed E-state index contributed by atoms with van der Waals surface area (Å²) < 4.78 is 33.9. The highest BCUT2D eigenvalue weighted by atomic mass is 32.2. The quantitative estimate of drug-likeness (QED) is 0.274. The number of nitrogens with zero attached hydrogens (tertiary/aromatic N) is 2. The molecular formula is C35H30N2O8S. The number of cyclic esters (lactones) is 1. The van der Waals surface area contributed by atoms with Crippen LogP contribution < -0.4 is 9.74 Å². The van der Waals surface area contributed by atoms with Gasteiger partial charge in [0.1, 0.15) is 18.4 Å². The Kier molecular flexibility index (Phi) is 7.66. The van der Waals surface area contributed by atoms with Gasteiger partial charge in [0.15, 0.2) is 5.78 Å². The Bertz CT molecular complexity index is 1960. The van der Waals surface area contributed by atoms with Crippen LogP contribution in [0.3, 0.4) is 0 Å². The molecule has 0 radical (unpaired) electrons. The smallest absolute Gasteiger partial charge is 0.355 e. The summed E-state index contributed by atoms with van der Waals surface area (Å²) in [6, 6.07) is 24.8. The number of benzene rings is 3. The predicted molar refractivity (Wildman–Crippen MR) is 168 cm³/mol. The van der Waals surface area contributed by atoms with Crippen molar-refractivity contribution in [2.75, 3.05) is 0 Å². The summed E-state index contributed by atoms with van der Waals surface area (Å²) in [5.41, 5.74) is 1.82. The number of Topliss-reactive ketones (excluding diaryl/α,β-unsaturated/α-hetero) is 1. The van der Waals surface area contributed by atoms with E-state index in [1.807, 2.05) is 66.7 Å². The summed E-state index contributed by atoms with van der Waals surface area (Å²) in [6.07, 6.45) is 0.269. The van der Waals surface area contributed by atoms with Gasteiger partial charge in [-0.2, -0.15) is 8.51 Å². The molecule has 4 heterocycles. The van der Waals surface area contributed by atoms with E-state index >= 15 is 0 Å². The van der Waals surface area contributed by atoms with Crippen molar-refractivity contribution in [2.45, 2.75) is 57.5 Å². The highest BCUT2D eigenvalue weighted by Crippen LogP contribution is 2.39. The Balaban J connectivity index is 1.20. The van der Waals surface area contributed by atoms with Crippen LogP contribution in [0.1, 0.15) is 52.5 Å². The molecule has 3 aliphatic heterocycles. The van der Waals surface area contributed by atoms with Crippen molar-refractivity contribution in [2.24, 2.45) is 0 Å². The molecule has 0 bridgehead atoms. The SMILES string of the molecule is CCC1(OC(=O)C2Cc3ccccc3CN2S(=O)Oc2ccc(-c3ccccc3)cc2)C(=O)OCc2c1cc1n(c2=O)CCC1=O. The van der Waals surface area contributed by atoms with E-state index in [-0.39, 0.29) is 61.6 Å². The largest absolute Gasteiger partial charge is 0.457 e. The van der Waals surface area contributed by atoms with Gasteiger partial charge in [-0.15, -0.1) is 0 Å². The third kappa shape index (κ3) is 5.05. The van der Waals surface area contributed by atoms with Crippen LogP contribution in [-0.4, -0.2) is 36.8 Å². The van der Waals surface area contributed by atoms with Crippen LogP contribution in [0.4, 0.5) is 0 Å². The molecule has 3 aliphatic rings. The second-order valence-electron chi connectivity index (χ2n) is 11.5. The number of ether oxygens (including phenoxy) is 2. The van der Waals surface area contributed by atoms with Crippen LogP contribution in [0, 0.1) is 0 Å². The molecule has 4 aromatic rings. The van der Waals surface area contributed by atoms with Crippen LogP contribution in [0.15, 0.2) is 89.7 Å². The van der Waals surface area contributed by atoms with E-state index in [9.17, 15) is 23.4 Å². The lowest BCUT2D eigenvalue weighted by atomic mass is 9.85. The van der Waals surface area contributed by atoms with Gasteiger partial charge in [-0.1, -0.05) is 73.7 Å². The van der Waals surface area contributed by atoms with E-state index in [1.54, 1.807) is 19.1 Å². The van der Waals surface area contributed by atoms with Gasteiger partial charge in [0.05, 0.1) is 11.3 Å². The first-order chi connectivity index (χ1) is 22.3. The summed E-state index contributed by atoms with van der Waals surface area (Å²) in [4.78, 5) is 53.5. The van der Waals surface area contributed by atoms with Crippen molar-refractivity contribution in [3.8, 4) is 16.9 Å². The minimum atomic E-state index is -2.13. The zero-order chi connectivity index (χ0) is 32.0. The standard InChI is InChI=1S/C35H30N2O8S/c1-2-35(28-19-29-31(38)16-17-36(29)32(39)27(28)21-43-34(35)41)44-33(40)30-18-24-10-6-7-11-25(24)20-37(30)46(42)45-26-14-12-23(13-15-26)22-8-4-3-5-9-22/h3-15,19,30H,2,16-18,20-21H2,1H3. The Morgan fingerprint density at radius 1 is 0.957 bits per heavy atom. The maximum absolute atomic E-state index is 14.1. The summed E-state index contributed by atoms with van der Waals surface area (Å²) in [6.45, 7) is 1.72. The van der Waals surface area contributed by atoms with E-state index in [0.29, 0.717) is 5.75 Å². The highest BCUT2D eigenvalue weighted by Gasteiger charge is 2.52. The lowest BCUT2D eigenvalue weighted by molar-refractivity contribution is -0.192. The van der Waals surface area contributed by atoms with Crippen molar-refractivity contribution in [1.29, 1.82) is 0 Å². The van der Waals surface area contributed by atoms with Crippen LogP contribution in [-0.2, 0) is 62.0 Å². The minimum absolute atomic E-state index is 0.0433. The first kappa shape index (κ1) is 29.8. The van der Waals surface area contributed by atoms with Gasteiger partial charge in [0, 0.05) is 31.5 Å². The van der Waals surface area contributed by atoms with Gasteiger partial charge in [0.25, 0.3) is 16.8 Å². The number of esters is 2. The summed E-state index contributed by atoms with van der Waals surface area (Å²) in [7, 11) is 0. The highest BCUT2D eigenvalue weighted by molar-refractivity contribution is 7.78. The molecule has 0 spiro atoms. The molecule has 0 saturated carbocycles. The second kappa shape index (κ2) is 11.8. The first-order valence-electron chi connectivity index (χ1n) is 15.1. The molecule has 3 atom stereocenters. The molecule has 234 valence electrons. The Labute approximate surface area is 267 Å². The Morgan fingerprint density at radius 2 is 1.65 bits per heavy atom.